The molecule has 0 unspecified atom stereocenters. The van der Waals surface area contributed by atoms with E-state index in [1.165, 1.54) is 26.2 Å². The minimum absolute atomic E-state index is 0.0841. The van der Waals surface area contributed by atoms with E-state index in [0.29, 0.717) is 18.3 Å². The highest BCUT2D eigenvalue weighted by molar-refractivity contribution is 6.10. The molecule has 2 aliphatic carbocycles. The van der Waals surface area contributed by atoms with Crippen molar-refractivity contribution in [3.05, 3.63) is 16.9 Å². The van der Waals surface area contributed by atoms with Gasteiger partial charge in [0.15, 0.2) is 6.61 Å². The molecule has 0 aliphatic heterocycles. The zero-order valence-corrected chi connectivity index (χ0v) is 16.6. The van der Waals surface area contributed by atoms with Gasteiger partial charge in [-0.25, -0.2) is 4.79 Å². The molecule has 2 amide bonds. The summed E-state index contributed by atoms with van der Waals surface area (Å²) in [5, 5.41) is 2.33. The number of anilines is 1. The van der Waals surface area contributed by atoms with E-state index in [9.17, 15) is 19.2 Å². The van der Waals surface area contributed by atoms with Gasteiger partial charge in [0.05, 0.1) is 6.61 Å². The summed E-state index contributed by atoms with van der Waals surface area (Å²) in [6.45, 7) is 2.64. The molecule has 3 rings (SSSR count). The van der Waals surface area contributed by atoms with Gasteiger partial charge >= 0.3 is 11.9 Å². The van der Waals surface area contributed by atoms with Gasteiger partial charge in [-0.3, -0.25) is 19.7 Å². The van der Waals surface area contributed by atoms with E-state index >= 15 is 0 Å². The van der Waals surface area contributed by atoms with Crippen LogP contribution in [0.3, 0.4) is 0 Å². The molecule has 1 heterocycles. The lowest BCUT2D eigenvalue weighted by atomic mass is 9.86. The largest absolute Gasteiger partial charge is 0.462 e. The molecule has 2 saturated carbocycles. The van der Waals surface area contributed by atoms with Gasteiger partial charge in [-0.1, -0.05) is 6.42 Å². The second-order valence-corrected chi connectivity index (χ2v) is 7.67. The topological polar surface area (TPSA) is 138 Å². The van der Waals surface area contributed by atoms with E-state index in [0.717, 1.165) is 12.3 Å². The van der Waals surface area contributed by atoms with Crippen LogP contribution in [-0.2, 0) is 19.1 Å². The van der Waals surface area contributed by atoms with Crippen molar-refractivity contribution in [1.82, 2.24) is 0 Å². The van der Waals surface area contributed by atoms with Crippen molar-refractivity contribution in [3.63, 3.8) is 0 Å². The van der Waals surface area contributed by atoms with E-state index in [-0.39, 0.29) is 29.4 Å². The lowest BCUT2D eigenvalue weighted by Gasteiger charge is -2.20. The monoisotopic (exact) mass is 406 g/mol. The summed E-state index contributed by atoms with van der Waals surface area (Å²) >= 11 is 0. The first-order valence-electron chi connectivity index (χ1n) is 9.85. The third kappa shape index (κ3) is 4.60. The number of carbonyl (C=O) groups excluding carboxylic acids is 4. The van der Waals surface area contributed by atoms with Crippen LogP contribution in [0.25, 0.3) is 0 Å². The number of furan rings is 1. The van der Waals surface area contributed by atoms with Crippen LogP contribution in [0.4, 0.5) is 5.88 Å². The van der Waals surface area contributed by atoms with Crippen LogP contribution >= 0.6 is 0 Å². The second-order valence-electron chi connectivity index (χ2n) is 7.67. The quantitative estimate of drug-likeness (QED) is 0.631. The van der Waals surface area contributed by atoms with Crippen molar-refractivity contribution in [2.75, 3.05) is 18.5 Å². The van der Waals surface area contributed by atoms with Crippen molar-refractivity contribution in [2.45, 2.75) is 46.0 Å². The van der Waals surface area contributed by atoms with Gasteiger partial charge in [0.25, 0.3) is 11.8 Å². The van der Waals surface area contributed by atoms with Gasteiger partial charge < -0.3 is 19.6 Å². The molecular formula is C20H26N2O7. The molecule has 0 saturated heterocycles. The summed E-state index contributed by atoms with van der Waals surface area (Å²) in [7, 11) is 0. The van der Waals surface area contributed by atoms with Crippen LogP contribution in [0.5, 0.6) is 0 Å². The average Bonchev–Trinajstić information content (AvgIpc) is 3.34. The Balaban J connectivity index is 1.57. The lowest BCUT2D eigenvalue weighted by molar-refractivity contribution is -0.148. The van der Waals surface area contributed by atoms with Crippen LogP contribution in [0.2, 0.25) is 0 Å². The zero-order chi connectivity index (χ0) is 21.1. The Morgan fingerprint density at radius 3 is 2.48 bits per heavy atom. The number of nitrogens with two attached hydrogens (primary N) is 1. The van der Waals surface area contributed by atoms with Crippen LogP contribution < -0.4 is 11.1 Å². The normalized spacial score (nSPS) is 22.3. The Morgan fingerprint density at radius 2 is 1.90 bits per heavy atom. The maximum Gasteiger partial charge on any atom is 0.342 e. The minimum Gasteiger partial charge on any atom is -0.462 e. The number of fused-ring (bicyclic) bond motifs is 2. The van der Waals surface area contributed by atoms with Crippen molar-refractivity contribution in [1.29, 1.82) is 0 Å². The highest BCUT2D eigenvalue weighted by Gasteiger charge is 2.40. The first kappa shape index (κ1) is 20.9. The van der Waals surface area contributed by atoms with Gasteiger partial charge in [-0.05, 0) is 50.9 Å². The van der Waals surface area contributed by atoms with Gasteiger partial charge in [0.1, 0.15) is 16.9 Å². The zero-order valence-electron chi connectivity index (χ0n) is 16.6. The molecule has 1 aromatic rings. The summed E-state index contributed by atoms with van der Waals surface area (Å²) in [4.78, 5) is 48.1. The van der Waals surface area contributed by atoms with E-state index in [1.54, 1.807) is 6.92 Å². The minimum atomic E-state index is -0.950. The van der Waals surface area contributed by atoms with Crippen molar-refractivity contribution >= 4 is 29.6 Å². The molecule has 0 spiro atoms. The van der Waals surface area contributed by atoms with E-state index in [2.05, 4.69) is 5.32 Å². The fraction of sp³-hybridized carbons (Fsp3) is 0.600. The number of primary amides is 1. The number of amides is 2. The molecular weight excluding hydrogens is 380 g/mol. The fourth-order valence-electron chi connectivity index (χ4n) is 4.53. The summed E-state index contributed by atoms with van der Waals surface area (Å²) in [5.41, 5.74) is 4.93. The number of hydrogen-bond donors (Lipinski definition) is 2. The molecule has 158 valence electrons. The Hall–Kier alpha value is -2.84. The number of carbonyl (C=O) groups is 4. The Labute approximate surface area is 168 Å². The fourth-order valence-corrected chi connectivity index (χ4v) is 4.53. The van der Waals surface area contributed by atoms with Crippen LogP contribution in [0.1, 0.15) is 65.5 Å². The molecule has 29 heavy (non-hydrogen) atoms. The molecule has 9 nitrogen and oxygen atoms in total. The van der Waals surface area contributed by atoms with Crippen molar-refractivity contribution in [3.8, 4) is 0 Å². The molecule has 0 aromatic carbocycles. The summed E-state index contributed by atoms with van der Waals surface area (Å²) in [6.07, 6.45) is 4.97. The third-order valence-corrected chi connectivity index (χ3v) is 5.74. The van der Waals surface area contributed by atoms with Crippen LogP contribution in [0.15, 0.2) is 4.42 Å². The molecule has 3 atom stereocenters. The maximum absolute atomic E-state index is 12.2. The van der Waals surface area contributed by atoms with Crippen LogP contribution in [-0.4, -0.2) is 37.0 Å². The Kier molecular flexibility index (Phi) is 6.24. The second kappa shape index (κ2) is 8.67. The first-order valence-corrected chi connectivity index (χ1v) is 9.85. The van der Waals surface area contributed by atoms with E-state index in [1.807, 2.05) is 0 Å². The van der Waals surface area contributed by atoms with Gasteiger partial charge in [-0.2, -0.15) is 0 Å². The van der Waals surface area contributed by atoms with E-state index in [4.69, 9.17) is 19.6 Å². The number of hydrogen-bond acceptors (Lipinski definition) is 7. The van der Waals surface area contributed by atoms with Gasteiger partial charge in [0.2, 0.25) is 5.88 Å². The third-order valence-electron chi connectivity index (χ3n) is 5.74. The van der Waals surface area contributed by atoms with E-state index < -0.39 is 30.4 Å². The number of rotatable bonds is 8. The number of ether oxygens (including phenoxy) is 2. The molecule has 2 fully saturated rings. The molecule has 2 bridgehead atoms. The first-order chi connectivity index (χ1) is 13.8. The highest BCUT2D eigenvalue weighted by atomic mass is 16.5. The predicted octanol–water partition coefficient (Wildman–Crippen LogP) is 2.17. The Morgan fingerprint density at radius 1 is 1.14 bits per heavy atom. The standard InChI is InChI=1S/C20H26N2O7/c1-3-27-20(26)16-10(2)29-19(17(16)18(21)25)22-14(23)9-28-15(24)8-13-7-11-4-5-12(13)6-11/h11-13H,3-9H2,1-2H3,(H2,21,25)(H,22,23)/t11-,12-,13-/m1/s1. The maximum atomic E-state index is 12.2. The SMILES string of the molecule is CCOC(=O)c1c(C)oc(NC(=O)COC(=O)C[C@H]2C[C@@H]3CC[C@@H]2C3)c1C(N)=O. The molecule has 2 aliphatic rings. The van der Waals surface area contributed by atoms with Crippen molar-refractivity contribution in [2.24, 2.45) is 23.5 Å². The molecule has 1 aromatic heterocycles. The van der Waals surface area contributed by atoms with Gasteiger partial charge in [0, 0.05) is 6.42 Å². The smallest absolute Gasteiger partial charge is 0.342 e. The number of esters is 2. The molecule has 0 radical (unpaired) electrons. The average molecular weight is 406 g/mol. The Bertz CT molecular complexity index is 829. The summed E-state index contributed by atoms with van der Waals surface area (Å²) in [5.74, 6) is -1.38. The predicted molar refractivity (Wildman–Crippen MR) is 101 cm³/mol. The van der Waals surface area contributed by atoms with Crippen LogP contribution in [0, 0.1) is 24.7 Å². The molecule has 9 heteroatoms. The lowest BCUT2D eigenvalue weighted by Crippen LogP contribution is -2.24. The van der Waals surface area contributed by atoms with Gasteiger partial charge in [-0.15, -0.1) is 0 Å². The summed E-state index contributed by atoms with van der Waals surface area (Å²) in [6, 6.07) is 0. The van der Waals surface area contributed by atoms with Crippen molar-refractivity contribution < 1.29 is 33.1 Å². The molecule has 3 N–H and O–H groups in total. The highest BCUT2D eigenvalue weighted by Crippen LogP contribution is 2.49. The number of aryl methyl sites for hydroxylation is 1. The summed E-state index contributed by atoms with van der Waals surface area (Å²) < 4.78 is 15.3. The number of nitrogens with one attached hydrogen (secondary N) is 1.